The number of aromatic nitrogens is 1. The Bertz CT molecular complexity index is 1050. The topological polar surface area (TPSA) is 39.2 Å². The Labute approximate surface area is 192 Å². The predicted octanol–water partition coefficient (Wildman–Crippen LogP) is 6.78. The minimum Gasteiger partial charge on any atom is -0.462 e. The summed E-state index contributed by atoms with van der Waals surface area (Å²) in [7, 11) is 0. The van der Waals surface area contributed by atoms with E-state index in [-0.39, 0.29) is 29.8 Å². The lowest BCUT2D eigenvalue weighted by Crippen LogP contribution is -2.42. The number of rotatable bonds is 3. The van der Waals surface area contributed by atoms with Gasteiger partial charge in [0, 0.05) is 17.7 Å². The maximum absolute atomic E-state index is 13.0. The molecule has 1 saturated heterocycles. The number of hydrogen-bond donors (Lipinski definition) is 0. The summed E-state index contributed by atoms with van der Waals surface area (Å²) in [5.74, 6) is 1.57. The smallest absolute Gasteiger partial charge is 0.416 e. The highest BCUT2D eigenvalue weighted by Gasteiger charge is 2.53. The van der Waals surface area contributed by atoms with Crippen LogP contribution in [0.2, 0.25) is 0 Å². The number of pyridine rings is 1. The first kappa shape index (κ1) is 22.2. The SMILES string of the molecule is C[C@H]1OC(=O)[C@@H]2C[C@@H]3CCCCC3C(/C=C/c3ccc(-c4cccc(C(F)(F)F)c4)cn3)[C@H]12. The van der Waals surface area contributed by atoms with E-state index in [1.165, 1.54) is 31.7 Å². The molecule has 0 spiro atoms. The van der Waals surface area contributed by atoms with Gasteiger partial charge in [-0.25, -0.2) is 0 Å². The molecule has 2 aromatic rings. The van der Waals surface area contributed by atoms with Crippen molar-refractivity contribution in [3.05, 3.63) is 59.9 Å². The van der Waals surface area contributed by atoms with Gasteiger partial charge in [0.25, 0.3) is 0 Å². The second-order valence-electron chi connectivity index (χ2n) is 9.76. The van der Waals surface area contributed by atoms with Gasteiger partial charge in [-0.2, -0.15) is 13.2 Å². The van der Waals surface area contributed by atoms with Crippen molar-refractivity contribution in [3.8, 4) is 11.1 Å². The number of ether oxygens (including phenoxy) is 1. The summed E-state index contributed by atoms with van der Waals surface area (Å²) < 4.78 is 44.7. The van der Waals surface area contributed by atoms with Gasteiger partial charge in [-0.3, -0.25) is 9.78 Å². The average Bonchev–Trinajstić information content (AvgIpc) is 3.09. The molecule has 0 bridgehead atoms. The molecule has 2 heterocycles. The number of carbonyl (C=O) groups excluding carboxylic acids is 1. The van der Waals surface area contributed by atoms with E-state index in [0.29, 0.717) is 23.0 Å². The van der Waals surface area contributed by atoms with Crippen LogP contribution in [0.15, 0.2) is 48.7 Å². The fourth-order valence-electron chi connectivity index (χ4n) is 6.35. The van der Waals surface area contributed by atoms with Gasteiger partial charge in [0.05, 0.1) is 17.2 Å². The number of benzene rings is 1. The van der Waals surface area contributed by atoms with Gasteiger partial charge < -0.3 is 4.74 Å². The highest BCUT2D eigenvalue weighted by Crippen LogP contribution is 2.53. The third kappa shape index (κ3) is 4.32. The number of hydrogen-bond acceptors (Lipinski definition) is 3. The summed E-state index contributed by atoms with van der Waals surface area (Å²) in [5, 5.41) is 0. The maximum atomic E-state index is 13.0. The van der Waals surface area contributed by atoms with Crippen LogP contribution in [0.3, 0.4) is 0 Å². The molecule has 0 radical (unpaired) electrons. The van der Waals surface area contributed by atoms with E-state index in [4.69, 9.17) is 4.74 Å². The lowest BCUT2D eigenvalue weighted by Gasteiger charge is -2.45. The molecule has 2 unspecified atom stereocenters. The van der Waals surface area contributed by atoms with Gasteiger partial charge in [-0.15, -0.1) is 0 Å². The Morgan fingerprint density at radius 2 is 1.91 bits per heavy atom. The fourth-order valence-corrected chi connectivity index (χ4v) is 6.35. The van der Waals surface area contributed by atoms with E-state index in [9.17, 15) is 18.0 Å². The number of esters is 1. The molecule has 3 nitrogen and oxygen atoms in total. The van der Waals surface area contributed by atoms with Crippen molar-refractivity contribution >= 4 is 12.0 Å². The van der Waals surface area contributed by atoms with Crippen LogP contribution in [0.1, 0.15) is 50.3 Å². The van der Waals surface area contributed by atoms with E-state index < -0.39 is 11.7 Å². The molecule has 3 fully saturated rings. The monoisotopic (exact) mass is 455 g/mol. The molecule has 1 aliphatic heterocycles. The number of carbonyl (C=O) groups is 1. The summed E-state index contributed by atoms with van der Waals surface area (Å²) >= 11 is 0. The highest BCUT2D eigenvalue weighted by molar-refractivity contribution is 5.75. The number of alkyl halides is 3. The number of nitrogens with zero attached hydrogens (tertiary/aromatic N) is 1. The molecule has 2 saturated carbocycles. The molecule has 1 aromatic carbocycles. The van der Waals surface area contributed by atoms with Crippen LogP contribution in [0.4, 0.5) is 13.2 Å². The molecule has 5 rings (SSSR count). The maximum Gasteiger partial charge on any atom is 0.416 e. The zero-order chi connectivity index (χ0) is 23.2. The van der Waals surface area contributed by atoms with E-state index >= 15 is 0 Å². The largest absolute Gasteiger partial charge is 0.462 e. The average molecular weight is 456 g/mol. The van der Waals surface area contributed by atoms with Crippen LogP contribution in [-0.2, 0) is 15.7 Å². The van der Waals surface area contributed by atoms with Gasteiger partial charge in [0.15, 0.2) is 0 Å². The van der Waals surface area contributed by atoms with Gasteiger partial charge in [0.2, 0.25) is 0 Å². The van der Waals surface area contributed by atoms with Gasteiger partial charge in [-0.1, -0.05) is 43.5 Å². The molecular formula is C27H28F3NO2. The molecule has 0 N–H and O–H groups in total. The van der Waals surface area contributed by atoms with Crippen LogP contribution in [-0.4, -0.2) is 17.1 Å². The normalized spacial score (nSPS) is 31.8. The lowest BCUT2D eigenvalue weighted by molar-refractivity contribution is -0.144. The van der Waals surface area contributed by atoms with Crippen LogP contribution >= 0.6 is 0 Å². The molecule has 6 atom stereocenters. The molecule has 1 aromatic heterocycles. The third-order valence-electron chi connectivity index (χ3n) is 7.87. The second kappa shape index (κ2) is 8.62. The Balaban J connectivity index is 1.38. The number of halogens is 3. The Morgan fingerprint density at radius 1 is 1.09 bits per heavy atom. The highest BCUT2D eigenvalue weighted by atomic mass is 19.4. The van der Waals surface area contributed by atoms with E-state index in [2.05, 4.69) is 11.1 Å². The third-order valence-corrected chi connectivity index (χ3v) is 7.87. The van der Waals surface area contributed by atoms with Crippen LogP contribution in [0, 0.1) is 29.6 Å². The summed E-state index contributed by atoms with van der Waals surface area (Å²) in [6, 6.07) is 8.94. The summed E-state index contributed by atoms with van der Waals surface area (Å²) in [5.41, 5.74) is 1.23. The number of allylic oxidation sites excluding steroid dienone is 1. The standard InChI is InChI=1S/C27H28F3NO2/c1-16-25-23(22-8-3-2-5-18(22)14-24(25)26(32)33-16)12-11-21-10-9-19(15-31-21)17-6-4-7-20(13-17)27(28,29)30/h4,6-7,9-13,15-16,18,22-25H,2-3,5,8,14H2,1H3/b12-11+/t16-,18+,22?,23?,24-,25+/m1/s1. The van der Waals surface area contributed by atoms with Crippen molar-refractivity contribution in [3.63, 3.8) is 0 Å². The molecule has 6 heteroatoms. The van der Waals surface area contributed by atoms with Crippen molar-refractivity contribution in [1.82, 2.24) is 4.98 Å². The van der Waals surface area contributed by atoms with Gasteiger partial charge in [0.1, 0.15) is 6.10 Å². The molecule has 174 valence electrons. The Hall–Kier alpha value is -2.63. The fraction of sp³-hybridized carbons (Fsp3) is 0.481. The second-order valence-corrected chi connectivity index (χ2v) is 9.76. The predicted molar refractivity (Wildman–Crippen MR) is 120 cm³/mol. The minimum absolute atomic E-state index is 0.00903. The van der Waals surface area contributed by atoms with Gasteiger partial charge in [-0.05, 0) is 67.4 Å². The summed E-state index contributed by atoms with van der Waals surface area (Å²) in [6.07, 6.45) is 7.18. The molecule has 33 heavy (non-hydrogen) atoms. The summed E-state index contributed by atoms with van der Waals surface area (Å²) in [4.78, 5) is 16.9. The van der Waals surface area contributed by atoms with Crippen molar-refractivity contribution in [2.45, 2.75) is 51.3 Å². The Kier molecular flexibility index (Phi) is 5.79. The Morgan fingerprint density at radius 3 is 2.67 bits per heavy atom. The molecule has 2 aliphatic carbocycles. The van der Waals surface area contributed by atoms with Crippen molar-refractivity contribution < 1.29 is 22.7 Å². The zero-order valence-corrected chi connectivity index (χ0v) is 18.6. The molecule has 0 amide bonds. The van der Waals surface area contributed by atoms with Crippen molar-refractivity contribution in [2.75, 3.05) is 0 Å². The minimum atomic E-state index is -4.37. The lowest BCUT2D eigenvalue weighted by atomic mass is 9.57. The van der Waals surface area contributed by atoms with E-state index in [0.717, 1.165) is 24.2 Å². The van der Waals surface area contributed by atoms with Crippen LogP contribution < -0.4 is 0 Å². The van der Waals surface area contributed by atoms with Crippen LogP contribution in [0.5, 0.6) is 0 Å². The van der Waals surface area contributed by atoms with Crippen molar-refractivity contribution in [2.24, 2.45) is 29.6 Å². The number of fused-ring (bicyclic) bond motifs is 2. The molecule has 3 aliphatic rings. The van der Waals surface area contributed by atoms with Crippen molar-refractivity contribution in [1.29, 1.82) is 0 Å². The first-order chi connectivity index (χ1) is 15.8. The molecular weight excluding hydrogens is 427 g/mol. The van der Waals surface area contributed by atoms with E-state index in [1.807, 2.05) is 19.1 Å². The quantitative estimate of drug-likeness (QED) is 0.479. The first-order valence-electron chi connectivity index (χ1n) is 11.8. The van der Waals surface area contributed by atoms with E-state index in [1.54, 1.807) is 18.3 Å². The van der Waals surface area contributed by atoms with Gasteiger partial charge >= 0.3 is 12.1 Å². The summed E-state index contributed by atoms with van der Waals surface area (Å²) in [6.45, 7) is 2.01. The van der Waals surface area contributed by atoms with Crippen LogP contribution in [0.25, 0.3) is 17.2 Å². The number of cyclic esters (lactones) is 1. The first-order valence-corrected chi connectivity index (χ1v) is 11.8. The zero-order valence-electron chi connectivity index (χ0n) is 18.6.